The maximum Gasteiger partial charge on any atom is 0.134 e. The van der Waals surface area contributed by atoms with Gasteiger partial charge >= 0.3 is 0 Å². The number of anilines is 2. The van der Waals surface area contributed by atoms with E-state index in [0.29, 0.717) is 0 Å². The van der Waals surface area contributed by atoms with Crippen LogP contribution in [-0.4, -0.2) is 17.1 Å². The van der Waals surface area contributed by atoms with Gasteiger partial charge < -0.3 is 15.3 Å². The number of benzene rings is 2. The molecule has 0 fully saturated rings. The van der Waals surface area contributed by atoms with E-state index in [1.54, 1.807) is 12.1 Å². The fourth-order valence-corrected chi connectivity index (χ4v) is 2.80. The van der Waals surface area contributed by atoms with Crippen molar-refractivity contribution in [2.45, 2.75) is 0 Å². The average molecular weight is 277 g/mol. The summed E-state index contributed by atoms with van der Waals surface area (Å²) < 4.78 is 0. The lowest BCUT2D eigenvalue weighted by atomic mass is 10.1. The van der Waals surface area contributed by atoms with Crippen molar-refractivity contribution >= 4 is 17.1 Å². The number of hydrogen-bond acceptors (Lipinski definition) is 4. The summed E-state index contributed by atoms with van der Waals surface area (Å²) in [6.45, 7) is 0. The van der Waals surface area contributed by atoms with Crippen LogP contribution in [0.5, 0.6) is 5.75 Å². The van der Waals surface area contributed by atoms with E-state index in [9.17, 15) is 5.11 Å². The second-order valence-corrected chi connectivity index (χ2v) is 5.16. The molecule has 0 bridgehead atoms. The van der Waals surface area contributed by atoms with Gasteiger partial charge in [-0.3, -0.25) is 4.90 Å². The molecule has 0 radical (unpaired) electrons. The van der Waals surface area contributed by atoms with Gasteiger partial charge in [-0.1, -0.05) is 24.3 Å². The van der Waals surface area contributed by atoms with Crippen LogP contribution in [0, 0.1) is 0 Å². The van der Waals surface area contributed by atoms with Crippen LogP contribution in [-0.2, 0) is 0 Å². The Labute approximate surface area is 123 Å². The largest absolute Gasteiger partial charge is 0.508 e. The molecule has 2 heterocycles. The van der Waals surface area contributed by atoms with Gasteiger partial charge in [-0.05, 0) is 24.3 Å². The molecule has 2 N–H and O–H groups in total. The Hall–Kier alpha value is -2.88. The van der Waals surface area contributed by atoms with Crippen molar-refractivity contribution in [2.75, 3.05) is 17.3 Å². The van der Waals surface area contributed by atoms with Crippen LogP contribution in [0.2, 0.25) is 0 Å². The minimum absolute atomic E-state index is 0.277. The Morgan fingerprint density at radius 1 is 1.05 bits per heavy atom. The lowest BCUT2D eigenvalue weighted by molar-refractivity contribution is 0.475. The van der Waals surface area contributed by atoms with Gasteiger partial charge in [0.15, 0.2) is 0 Å². The van der Waals surface area contributed by atoms with E-state index in [-0.39, 0.29) is 5.75 Å². The lowest BCUT2D eigenvalue weighted by Gasteiger charge is -2.29. The van der Waals surface area contributed by atoms with Crippen molar-refractivity contribution in [1.29, 1.82) is 0 Å². The maximum atomic E-state index is 9.69. The molecule has 104 valence electrons. The number of fused-ring (bicyclic) bond motifs is 3. The molecule has 0 aliphatic carbocycles. The number of hydrogen-bond donors (Lipinski definition) is 2. The Bertz CT molecular complexity index is 779. The predicted octanol–water partition coefficient (Wildman–Crippen LogP) is 3.37. The third kappa shape index (κ3) is 1.76. The normalized spacial score (nSPS) is 15.9. The van der Waals surface area contributed by atoms with Gasteiger partial charge in [-0.2, -0.15) is 0 Å². The highest BCUT2D eigenvalue weighted by molar-refractivity contribution is 5.84. The molecular formula is C17H15N3O. The van der Waals surface area contributed by atoms with E-state index in [1.807, 2.05) is 37.5 Å². The number of nitrogens with zero attached hydrogens (tertiary/aromatic N) is 2. The van der Waals surface area contributed by atoms with E-state index in [4.69, 9.17) is 0 Å². The van der Waals surface area contributed by atoms with Crippen LogP contribution in [0.3, 0.4) is 0 Å². The standard InChI is InChI=1S/C17H15N3O/c1-19-16(12-5-4-6-13(21)9-12)11-20-15-8-3-2-7-14(15)18-10-17(19)20/h2-11,18,21H,1H3. The Balaban J connectivity index is 1.82. The smallest absolute Gasteiger partial charge is 0.134 e. The van der Waals surface area contributed by atoms with Crippen LogP contribution >= 0.6 is 0 Å². The minimum Gasteiger partial charge on any atom is -0.508 e. The number of para-hydroxylation sites is 2. The molecule has 0 amide bonds. The topological polar surface area (TPSA) is 38.7 Å². The Morgan fingerprint density at radius 2 is 1.90 bits per heavy atom. The van der Waals surface area contributed by atoms with Gasteiger partial charge in [0.05, 0.1) is 17.1 Å². The maximum absolute atomic E-state index is 9.69. The lowest BCUT2D eigenvalue weighted by Crippen LogP contribution is -2.25. The zero-order valence-electron chi connectivity index (χ0n) is 11.6. The first-order valence-electron chi connectivity index (χ1n) is 6.84. The third-order valence-corrected chi connectivity index (χ3v) is 3.87. The van der Waals surface area contributed by atoms with Crippen molar-refractivity contribution in [3.8, 4) is 5.75 Å². The van der Waals surface area contributed by atoms with Gasteiger partial charge in [0.1, 0.15) is 11.6 Å². The molecule has 4 nitrogen and oxygen atoms in total. The van der Waals surface area contributed by atoms with Crippen molar-refractivity contribution in [3.05, 3.63) is 72.3 Å². The zero-order valence-corrected chi connectivity index (χ0v) is 11.6. The van der Waals surface area contributed by atoms with Crippen molar-refractivity contribution in [1.82, 2.24) is 4.90 Å². The molecular weight excluding hydrogens is 262 g/mol. The number of phenolic OH excluding ortho intramolecular Hbond substituents is 1. The molecule has 0 saturated carbocycles. The summed E-state index contributed by atoms with van der Waals surface area (Å²) in [6, 6.07) is 15.5. The van der Waals surface area contributed by atoms with Crippen molar-refractivity contribution < 1.29 is 5.11 Å². The van der Waals surface area contributed by atoms with Gasteiger partial charge in [-0.25, -0.2) is 0 Å². The summed E-state index contributed by atoms with van der Waals surface area (Å²) in [5, 5.41) is 13.0. The van der Waals surface area contributed by atoms with Crippen LogP contribution in [0.4, 0.5) is 11.4 Å². The van der Waals surface area contributed by atoms with Crippen molar-refractivity contribution in [3.63, 3.8) is 0 Å². The fourth-order valence-electron chi connectivity index (χ4n) is 2.80. The average Bonchev–Trinajstić information content (AvgIpc) is 2.85. The first kappa shape index (κ1) is 11.9. The van der Waals surface area contributed by atoms with Gasteiger partial charge in [0.2, 0.25) is 0 Å². The molecule has 0 aromatic heterocycles. The summed E-state index contributed by atoms with van der Waals surface area (Å²) >= 11 is 0. The molecule has 2 aromatic rings. The first-order chi connectivity index (χ1) is 10.2. The molecule has 0 saturated heterocycles. The summed E-state index contributed by atoms with van der Waals surface area (Å²) in [4.78, 5) is 4.27. The minimum atomic E-state index is 0.277. The quantitative estimate of drug-likeness (QED) is 0.838. The van der Waals surface area contributed by atoms with Gasteiger partial charge in [0, 0.05) is 25.0 Å². The number of aromatic hydroxyl groups is 1. The third-order valence-electron chi connectivity index (χ3n) is 3.87. The Morgan fingerprint density at radius 3 is 2.76 bits per heavy atom. The van der Waals surface area contributed by atoms with Gasteiger partial charge in [0.25, 0.3) is 0 Å². The van der Waals surface area contributed by atoms with Crippen LogP contribution in [0.15, 0.2) is 66.8 Å². The zero-order chi connectivity index (χ0) is 14.4. The summed E-state index contributed by atoms with van der Waals surface area (Å²) in [5.41, 5.74) is 4.25. The second-order valence-electron chi connectivity index (χ2n) is 5.16. The van der Waals surface area contributed by atoms with Crippen LogP contribution in [0.25, 0.3) is 5.70 Å². The molecule has 0 unspecified atom stereocenters. The highest BCUT2D eigenvalue weighted by atomic mass is 16.3. The molecule has 2 aliphatic rings. The first-order valence-corrected chi connectivity index (χ1v) is 6.84. The second kappa shape index (κ2) is 4.31. The monoisotopic (exact) mass is 277 g/mol. The highest BCUT2D eigenvalue weighted by Gasteiger charge is 2.29. The summed E-state index contributed by atoms with van der Waals surface area (Å²) in [5.74, 6) is 1.34. The van der Waals surface area contributed by atoms with Gasteiger partial charge in [-0.15, -0.1) is 0 Å². The van der Waals surface area contributed by atoms with Crippen LogP contribution < -0.4 is 10.2 Å². The number of nitrogens with one attached hydrogen (secondary N) is 1. The number of phenols is 1. The SMILES string of the molecule is CN1C(c2cccc(O)c2)=CN2C1=CNc1ccccc12. The van der Waals surface area contributed by atoms with E-state index < -0.39 is 0 Å². The summed E-state index contributed by atoms with van der Waals surface area (Å²) in [7, 11) is 2.03. The molecule has 4 heteroatoms. The fraction of sp³-hybridized carbons (Fsp3) is 0.0588. The molecule has 2 aliphatic heterocycles. The molecule has 21 heavy (non-hydrogen) atoms. The highest BCUT2D eigenvalue weighted by Crippen LogP contribution is 2.41. The summed E-state index contributed by atoms with van der Waals surface area (Å²) in [6.07, 6.45) is 4.09. The van der Waals surface area contributed by atoms with E-state index in [0.717, 1.165) is 28.5 Å². The molecule has 0 atom stereocenters. The van der Waals surface area contributed by atoms with E-state index in [2.05, 4.69) is 33.4 Å². The molecule has 4 rings (SSSR count). The Kier molecular flexibility index (Phi) is 2.44. The predicted molar refractivity (Wildman–Crippen MR) is 84.5 cm³/mol. The van der Waals surface area contributed by atoms with E-state index in [1.165, 1.54) is 0 Å². The van der Waals surface area contributed by atoms with Crippen molar-refractivity contribution in [2.24, 2.45) is 0 Å². The molecule has 2 aromatic carbocycles. The number of rotatable bonds is 1. The molecule has 0 spiro atoms. The van der Waals surface area contributed by atoms with Crippen LogP contribution in [0.1, 0.15) is 5.56 Å². The van der Waals surface area contributed by atoms with E-state index >= 15 is 0 Å².